The Morgan fingerprint density at radius 3 is 2.56 bits per heavy atom. The van der Waals surface area contributed by atoms with Crippen LogP contribution >= 0.6 is 0 Å². The van der Waals surface area contributed by atoms with E-state index in [1.165, 1.54) is 68.6 Å². The molecule has 2 bridgehead atoms. The normalized spacial score (nSPS) is 31.7. The number of ether oxygens (including phenoxy) is 2. The summed E-state index contributed by atoms with van der Waals surface area (Å²) in [5.41, 5.74) is 7.49. The highest BCUT2D eigenvalue weighted by molar-refractivity contribution is 5.78. The monoisotopic (exact) mass is 655 g/mol. The number of aryl methyl sites for hydroxylation is 1. The molecule has 8 rings (SSSR count). The van der Waals surface area contributed by atoms with E-state index in [9.17, 15) is 14.7 Å². The predicted molar refractivity (Wildman–Crippen MR) is 184 cm³/mol. The van der Waals surface area contributed by atoms with E-state index < -0.39 is 12.0 Å². The van der Waals surface area contributed by atoms with Crippen molar-refractivity contribution in [3.63, 3.8) is 0 Å². The summed E-state index contributed by atoms with van der Waals surface area (Å²) in [6.45, 7) is 3.31. The highest BCUT2D eigenvalue weighted by Gasteiger charge is 2.69. The number of esters is 1. The summed E-state index contributed by atoms with van der Waals surface area (Å²) in [6.07, 6.45) is 16.6. The Bertz CT molecular complexity index is 1500. The second-order valence-corrected chi connectivity index (χ2v) is 16.4. The van der Waals surface area contributed by atoms with Gasteiger partial charge in [-0.1, -0.05) is 68.5 Å². The predicted octanol–water partition coefficient (Wildman–Crippen LogP) is 6.97. The fourth-order valence-corrected chi connectivity index (χ4v) is 11.0. The molecule has 3 unspecified atom stereocenters. The lowest BCUT2D eigenvalue weighted by Gasteiger charge is -2.61. The third-order valence-corrected chi connectivity index (χ3v) is 13.5. The van der Waals surface area contributed by atoms with Gasteiger partial charge in [-0.25, -0.2) is 10.0 Å². The van der Waals surface area contributed by atoms with Gasteiger partial charge in [0.25, 0.3) is 5.91 Å². The zero-order valence-corrected chi connectivity index (χ0v) is 28.8. The quantitative estimate of drug-likeness (QED) is 0.147. The number of aliphatic hydroxyl groups is 1. The van der Waals surface area contributed by atoms with Crippen LogP contribution in [0.1, 0.15) is 114 Å². The Morgan fingerprint density at radius 1 is 0.979 bits per heavy atom. The maximum atomic E-state index is 14.8. The topological polar surface area (TPSA) is 84.9 Å². The molecule has 2 aromatic rings. The number of likely N-dealkylation sites (tertiary alicyclic amines) is 1. The smallest absolute Gasteiger partial charge is 0.308 e. The van der Waals surface area contributed by atoms with E-state index in [1.54, 1.807) is 0 Å². The molecule has 7 heteroatoms. The van der Waals surface area contributed by atoms with Gasteiger partial charge in [-0.3, -0.25) is 9.59 Å². The number of amides is 1. The molecule has 2 N–H and O–H groups in total. The van der Waals surface area contributed by atoms with Crippen LogP contribution in [0.4, 0.5) is 0 Å². The molecule has 1 saturated heterocycles. The fraction of sp³-hybridized carbons (Fsp3) is 0.659. The molecule has 2 aromatic carbocycles. The number of hydrogen-bond donors (Lipinski definition) is 2. The van der Waals surface area contributed by atoms with E-state index in [4.69, 9.17) is 9.47 Å². The summed E-state index contributed by atoms with van der Waals surface area (Å²) >= 11 is 0. The largest absolute Gasteiger partial charge is 0.485 e. The number of nitrogens with one attached hydrogen (secondary N) is 1. The highest BCUT2D eigenvalue weighted by atomic mass is 16.6. The van der Waals surface area contributed by atoms with Crippen LogP contribution in [0.25, 0.3) is 0 Å². The SMILES string of the molecule is CC(=O)Oc1ccc2c3c1O[C@H]1CCC[C@H]4[C@@H](C2)[N+](CC2CC2)(NC(=O)C(CCc2ccccc2)C(O)CCC2CCCCC2)CC[C@]314. The standard InChI is InChI=1S/C41H54N2O5/c1-27(44)47-36-22-19-31-25-34-33-13-8-14-37-41(33,38(31)39(36)48-37)23-24-43(34,26-30-15-16-30)42-40(46)32(20-17-28-9-4-2-5-10-28)35(45)21-18-29-11-6-3-7-12-29/h2,4-5,9-10,19,22,29-30,32-35,37,45H,3,6-8,11-18,20-21,23-26H2,1H3/p+1/t32?,33-,34+,35?,37-,41+,43?/m0/s1. The van der Waals surface area contributed by atoms with Gasteiger partial charge in [-0.15, -0.1) is 0 Å². The molecule has 2 heterocycles. The third-order valence-electron chi connectivity index (χ3n) is 13.5. The van der Waals surface area contributed by atoms with Crippen LogP contribution in [-0.2, 0) is 27.8 Å². The van der Waals surface area contributed by atoms with Gasteiger partial charge in [-0.2, -0.15) is 0 Å². The van der Waals surface area contributed by atoms with Gasteiger partial charge in [0.2, 0.25) is 0 Å². The van der Waals surface area contributed by atoms with E-state index in [2.05, 4.69) is 35.8 Å². The van der Waals surface area contributed by atoms with Gasteiger partial charge in [0.05, 0.1) is 17.4 Å². The Kier molecular flexibility index (Phi) is 8.81. The Labute approximate surface area is 286 Å². The number of quaternary nitrogens is 1. The molecule has 1 amide bonds. The summed E-state index contributed by atoms with van der Waals surface area (Å²) < 4.78 is 13.1. The van der Waals surface area contributed by atoms with E-state index in [0.717, 1.165) is 63.8 Å². The lowest BCUT2D eigenvalue weighted by Crippen LogP contribution is -2.77. The molecule has 2 aliphatic heterocycles. The van der Waals surface area contributed by atoms with Crippen molar-refractivity contribution in [2.45, 2.75) is 133 Å². The molecular formula is C41H55N2O5+. The van der Waals surface area contributed by atoms with Crippen LogP contribution < -0.4 is 14.9 Å². The van der Waals surface area contributed by atoms with Crippen LogP contribution in [-0.4, -0.2) is 52.9 Å². The molecule has 3 saturated carbocycles. The van der Waals surface area contributed by atoms with E-state index in [1.807, 2.05) is 12.1 Å². The van der Waals surface area contributed by atoms with Crippen LogP contribution in [0.2, 0.25) is 0 Å². The van der Waals surface area contributed by atoms with Gasteiger partial charge in [0, 0.05) is 37.2 Å². The van der Waals surface area contributed by atoms with Gasteiger partial charge < -0.3 is 14.6 Å². The molecule has 0 radical (unpaired) electrons. The number of rotatable bonds is 12. The van der Waals surface area contributed by atoms with Gasteiger partial charge in [-0.05, 0) is 80.9 Å². The molecule has 258 valence electrons. The van der Waals surface area contributed by atoms with E-state index in [0.29, 0.717) is 40.9 Å². The minimum Gasteiger partial charge on any atom is -0.485 e. The van der Waals surface area contributed by atoms with Crippen molar-refractivity contribution in [1.29, 1.82) is 0 Å². The number of carbonyl (C=O) groups excluding carboxylic acids is 2. The number of hydrogen-bond acceptors (Lipinski definition) is 5. The molecule has 7 atom stereocenters. The van der Waals surface area contributed by atoms with Crippen molar-refractivity contribution >= 4 is 11.9 Å². The van der Waals surface area contributed by atoms with Crippen molar-refractivity contribution < 1.29 is 28.8 Å². The Morgan fingerprint density at radius 2 is 1.79 bits per heavy atom. The van der Waals surface area contributed by atoms with Crippen LogP contribution in [0.5, 0.6) is 11.5 Å². The highest BCUT2D eigenvalue weighted by Crippen LogP contribution is 2.65. The van der Waals surface area contributed by atoms with Crippen LogP contribution in [0.3, 0.4) is 0 Å². The first-order valence-corrected chi connectivity index (χ1v) is 19.3. The second-order valence-electron chi connectivity index (χ2n) is 16.4. The van der Waals surface area contributed by atoms with Crippen molar-refractivity contribution in [1.82, 2.24) is 5.43 Å². The maximum Gasteiger partial charge on any atom is 0.308 e. The summed E-state index contributed by atoms with van der Waals surface area (Å²) in [6, 6.07) is 14.8. The molecule has 4 fully saturated rings. The number of piperidine rings is 1. The number of nitrogens with zero attached hydrogens (tertiary/aromatic N) is 1. The summed E-state index contributed by atoms with van der Waals surface area (Å²) in [7, 11) is 0. The van der Waals surface area contributed by atoms with Crippen molar-refractivity contribution in [3.8, 4) is 11.5 Å². The van der Waals surface area contributed by atoms with Crippen molar-refractivity contribution in [2.75, 3.05) is 13.1 Å². The number of aliphatic hydroxyl groups excluding tert-OH is 1. The average Bonchev–Trinajstić information content (AvgIpc) is 3.84. The zero-order chi connectivity index (χ0) is 32.9. The molecule has 0 aromatic heterocycles. The first kappa shape index (κ1) is 32.3. The summed E-state index contributed by atoms with van der Waals surface area (Å²) in [4.78, 5) is 26.8. The third kappa shape index (κ3) is 5.87. The molecular weight excluding hydrogens is 600 g/mol. The summed E-state index contributed by atoms with van der Waals surface area (Å²) in [5.74, 6) is 2.37. The van der Waals surface area contributed by atoms with E-state index >= 15 is 0 Å². The van der Waals surface area contributed by atoms with Crippen LogP contribution in [0.15, 0.2) is 42.5 Å². The maximum absolute atomic E-state index is 14.8. The Hall–Kier alpha value is -2.90. The van der Waals surface area contributed by atoms with E-state index in [-0.39, 0.29) is 29.4 Å². The molecule has 1 spiro atoms. The first-order chi connectivity index (χ1) is 23.4. The van der Waals surface area contributed by atoms with Crippen molar-refractivity contribution in [2.24, 2.45) is 23.7 Å². The summed E-state index contributed by atoms with van der Waals surface area (Å²) in [5, 5.41) is 11.8. The minimum absolute atomic E-state index is 0.0467. The number of carbonyl (C=O) groups is 2. The average molecular weight is 656 g/mol. The van der Waals surface area contributed by atoms with Crippen LogP contribution in [0, 0.1) is 23.7 Å². The molecule has 7 nitrogen and oxygen atoms in total. The fourth-order valence-electron chi connectivity index (χ4n) is 11.0. The van der Waals surface area contributed by atoms with Crippen molar-refractivity contribution in [3.05, 3.63) is 59.2 Å². The minimum atomic E-state index is -0.635. The second kappa shape index (κ2) is 13.1. The molecule has 6 aliphatic rings. The molecule has 48 heavy (non-hydrogen) atoms. The zero-order valence-electron chi connectivity index (χ0n) is 28.8. The lowest BCUT2D eigenvalue weighted by molar-refractivity contribution is -0.995. The number of benzene rings is 2. The lowest BCUT2D eigenvalue weighted by atomic mass is 9.51. The van der Waals surface area contributed by atoms with Gasteiger partial charge >= 0.3 is 5.97 Å². The van der Waals surface area contributed by atoms with Gasteiger partial charge in [0.15, 0.2) is 11.5 Å². The van der Waals surface area contributed by atoms with Gasteiger partial charge in [0.1, 0.15) is 25.2 Å². The first-order valence-electron chi connectivity index (χ1n) is 19.3. The molecule has 4 aliphatic carbocycles. The Balaban J connectivity index is 1.09.